The van der Waals surface area contributed by atoms with Crippen LogP contribution in [0.15, 0.2) is 0 Å². The molecule has 0 bridgehead atoms. The molecule has 1 unspecified atom stereocenters. The number of rotatable bonds is 7. The number of aromatic nitrogens is 2. The Morgan fingerprint density at radius 2 is 2.20 bits per heavy atom. The summed E-state index contributed by atoms with van der Waals surface area (Å²) in [6.07, 6.45) is 2.08. The van der Waals surface area contributed by atoms with Crippen molar-refractivity contribution in [3.05, 3.63) is 5.82 Å². The highest BCUT2D eigenvalue weighted by Crippen LogP contribution is 2.12. The van der Waals surface area contributed by atoms with Crippen LogP contribution >= 0.6 is 11.5 Å². The molecule has 0 spiro atoms. The second-order valence-electron chi connectivity index (χ2n) is 3.81. The van der Waals surface area contributed by atoms with Crippen molar-refractivity contribution < 1.29 is 0 Å². The van der Waals surface area contributed by atoms with Gasteiger partial charge in [0.2, 0.25) is 5.13 Å². The van der Waals surface area contributed by atoms with Crippen LogP contribution in [-0.2, 0) is 6.42 Å². The second-order valence-corrected chi connectivity index (χ2v) is 4.56. The molecule has 0 aliphatic heterocycles. The highest BCUT2D eigenvalue weighted by atomic mass is 32.1. The first-order valence-corrected chi connectivity index (χ1v) is 6.24. The third-order valence-corrected chi connectivity index (χ3v) is 2.81. The Balaban J connectivity index is 2.30. The number of anilines is 1. The van der Waals surface area contributed by atoms with E-state index in [1.807, 2.05) is 7.05 Å². The summed E-state index contributed by atoms with van der Waals surface area (Å²) in [4.78, 5) is 4.41. The Morgan fingerprint density at radius 3 is 2.87 bits per heavy atom. The van der Waals surface area contributed by atoms with Crippen LogP contribution in [0.25, 0.3) is 0 Å². The minimum Gasteiger partial charge on any atom is -0.360 e. The fourth-order valence-corrected chi connectivity index (χ4v) is 1.95. The SMILES string of the molecule is CCCc1nsc(NCC(C)CNC)n1. The van der Waals surface area contributed by atoms with E-state index in [-0.39, 0.29) is 0 Å². The monoisotopic (exact) mass is 228 g/mol. The smallest absolute Gasteiger partial charge is 0.202 e. The normalized spacial score (nSPS) is 12.7. The first-order chi connectivity index (χ1) is 7.26. The standard InChI is InChI=1S/C10H20N4S/c1-4-5-9-13-10(15-14-9)12-7-8(2)6-11-3/h8,11H,4-7H2,1-3H3,(H,12,13,14). The van der Waals surface area contributed by atoms with Gasteiger partial charge < -0.3 is 10.6 Å². The quantitative estimate of drug-likeness (QED) is 0.746. The van der Waals surface area contributed by atoms with Gasteiger partial charge in [0, 0.05) is 24.5 Å². The van der Waals surface area contributed by atoms with Crippen molar-refractivity contribution in [2.75, 3.05) is 25.5 Å². The summed E-state index contributed by atoms with van der Waals surface area (Å²) in [5, 5.41) is 7.42. The highest BCUT2D eigenvalue weighted by molar-refractivity contribution is 7.09. The molecule has 4 nitrogen and oxygen atoms in total. The van der Waals surface area contributed by atoms with Crippen molar-refractivity contribution in [3.63, 3.8) is 0 Å². The summed E-state index contributed by atoms with van der Waals surface area (Å²) in [6.45, 7) is 6.32. The number of hydrogen-bond acceptors (Lipinski definition) is 5. The molecule has 0 radical (unpaired) electrons. The first-order valence-electron chi connectivity index (χ1n) is 5.47. The zero-order chi connectivity index (χ0) is 11.1. The number of hydrogen-bond donors (Lipinski definition) is 2. The fourth-order valence-electron chi connectivity index (χ4n) is 1.33. The molecule has 0 fully saturated rings. The molecule has 1 rings (SSSR count). The Kier molecular flexibility index (Phi) is 5.57. The molecule has 1 aromatic rings. The molecule has 0 aliphatic carbocycles. The van der Waals surface area contributed by atoms with Gasteiger partial charge in [-0.25, -0.2) is 4.98 Å². The van der Waals surface area contributed by atoms with E-state index in [0.717, 1.165) is 36.9 Å². The van der Waals surface area contributed by atoms with E-state index in [9.17, 15) is 0 Å². The Morgan fingerprint density at radius 1 is 1.40 bits per heavy atom. The Hall–Kier alpha value is -0.680. The van der Waals surface area contributed by atoms with Crippen LogP contribution in [0.3, 0.4) is 0 Å². The molecular weight excluding hydrogens is 208 g/mol. The molecule has 2 N–H and O–H groups in total. The van der Waals surface area contributed by atoms with Gasteiger partial charge in [-0.2, -0.15) is 4.37 Å². The Labute approximate surface area is 95.7 Å². The first kappa shape index (κ1) is 12.4. The van der Waals surface area contributed by atoms with E-state index < -0.39 is 0 Å². The molecule has 0 aromatic carbocycles. The van der Waals surface area contributed by atoms with Gasteiger partial charge in [-0.15, -0.1) is 0 Å². The van der Waals surface area contributed by atoms with E-state index in [4.69, 9.17) is 0 Å². The third kappa shape index (κ3) is 4.57. The molecular formula is C10H20N4S. The second kappa shape index (κ2) is 6.74. The maximum Gasteiger partial charge on any atom is 0.202 e. The third-order valence-electron chi connectivity index (χ3n) is 2.10. The van der Waals surface area contributed by atoms with Crippen LogP contribution in [0.2, 0.25) is 0 Å². The van der Waals surface area contributed by atoms with Crippen LogP contribution < -0.4 is 10.6 Å². The largest absolute Gasteiger partial charge is 0.360 e. The van der Waals surface area contributed by atoms with E-state index in [1.54, 1.807) is 0 Å². The van der Waals surface area contributed by atoms with Gasteiger partial charge in [0.25, 0.3) is 0 Å². The average molecular weight is 228 g/mol. The number of nitrogens with zero attached hydrogens (tertiary/aromatic N) is 2. The van der Waals surface area contributed by atoms with Crippen molar-refractivity contribution in [2.45, 2.75) is 26.7 Å². The van der Waals surface area contributed by atoms with Gasteiger partial charge in [-0.3, -0.25) is 0 Å². The van der Waals surface area contributed by atoms with Gasteiger partial charge in [0.15, 0.2) is 0 Å². The molecule has 0 saturated carbocycles. The maximum atomic E-state index is 4.41. The molecule has 1 heterocycles. The summed E-state index contributed by atoms with van der Waals surface area (Å²) in [7, 11) is 1.97. The van der Waals surface area contributed by atoms with Crippen LogP contribution in [0.5, 0.6) is 0 Å². The lowest BCUT2D eigenvalue weighted by molar-refractivity contribution is 0.569. The van der Waals surface area contributed by atoms with Crippen LogP contribution in [0, 0.1) is 5.92 Å². The van der Waals surface area contributed by atoms with Gasteiger partial charge in [-0.1, -0.05) is 13.8 Å². The molecule has 1 aromatic heterocycles. The van der Waals surface area contributed by atoms with E-state index in [2.05, 4.69) is 33.8 Å². The molecule has 0 amide bonds. The summed E-state index contributed by atoms with van der Waals surface area (Å²) < 4.78 is 4.28. The number of aryl methyl sites for hydroxylation is 1. The van der Waals surface area contributed by atoms with Crippen molar-refractivity contribution in [3.8, 4) is 0 Å². The van der Waals surface area contributed by atoms with E-state index in [0.29, 0.717) is 5.92 Å². The van der Waals surface area contributed by atoms with Crippen molar-refractivity contribution >= 4 is 16.7 Å². The van der Waals surface area contributed by atoms with Gasteiger partial charge in [-0.05, 0) is 25.9 Å². The predicted molar refractivity (Wildman–Crippen MR) is 65.5 cm³/mol. The van der Waals surface area contributed by atoms with Crippen molar-refractivity contribution in [2.24, 2.45) is 5.92 Å². The summed E-state index contributed by atoms with van der Waals surface area (Å²) in [5.41, 5.74) is 0. The van der Waals surface area contributed by atoms with Crippen molar-refractivity contribution in [1.29, 1.82) is 0 Å². The lowest BCUT2D eigenvalue weighted by Gasteiger charge is -2.10. The zero-order valence-corrected chi connectivity index (χ0v) is 10.5. The van der Waals surface area contributed by atoms with Crippen LogP contribution in [0.1, 0.15) is 26.1 Å². The lowest BCUT2D eigenvalue weighted by Crippen LogP contribution is -2.22. The summed E-state index contributed by atoms with van der Waals surface area (Å²) in [6, 6.07) is 0. The Bertz CT molecular complexity index is 274. The van der Waals surface area contributed by atoms with Crippen LogP contribution in [0.4, 0.5) is 5.13 Å². The molecule has 5 heteroatoms. The van der Waals surface area contributed by atoms with Gasteiger partial charge in [0.1, 0.15) is 5.82 Å². The molecule has 0 aliphatic rings. The predicted octanol–water partition coefficient (Wildman–Crippen LogP) is 1.76. The maximum absolute atomic E-state index is 4.41. The van der Waals surface area contributed by atoms with E-state index in [1.165, 1.54) is 11.5 Å². The average Bonchev–Trinajstić information content (AvgIpc) is 2.64. The lowest BCUT2D eigenvalue weighted by atomic mass is 10.2. The molecule has 86 valence electrons. The summed E-state index contributed by atoms with van der Waals surface area (Å²) >= 11 is 1.46. The molecule has 0 saturated heterocycles. The molecule has 15 heavy (non-hydrogen) atoms. The minimum absolute atomic E-state index is 0.605. The highest BCUT2D eigenvalue weighted by Gasteiger charge is 2.04. The zero-order valence-electron chi connectivity index (χ0n) is 9.71. The fraction of sp³-hybridized carbons (Fsp3) is 0.800. The topological polar surface area (TPSA) is 49.8 Å². The summed E-state index contributed by atoms with van der Waals surface area (Å²) in [5.74, 6) is 1.57. The van der Waals surface area contributed by atoms with Gasteiger partial charge >= 0.3 is 0 Å². The van der Waals surface area contributed by atoms with E-state index >= 15 is 0 Å². The molecule has 1 atom stereocenters. The van der Waals surface area contributed by atoms with Crippen molar-refractivity contribution in [1.82, 2.24) is 14.7 Å². The van der Waals surface area contributed by atoms with Gasteiger partial charge in [0.05, 0.1) is 0 Å². The minimum atomic E-state index is 0.605. The van der Waals surface area contributed by atoms with Crippen LogP contribution in [-0.4, -0.2) is 29.5 Å². The number of nitrogens with one attached hydrogen (secondary N) is 2.